The number of ketones is 1. The molecule has 0 unspecified atom stereocenters. The van der Waals surface area contributed by atoms with Crippen molar-refractivity contribution in [3.05, 3.63) is 0 Å². The van der Waals surface area contributed by atoms with E-state index in [9.17, 15) is 4.79 Å². The predicted octanol–water partition coefficient (Wildman–Crippen LogP) is 3.59. The highest BCUT2D eigenvalue weighted by Gasteiger charge is 2.39. The summed E-state index contributed by atoms with van der Waals surface area (Å²) in [7, 11) is 1.68. The highest BCUT2D eigenvalue weighted by molar-refractivity contribution is 5.89. The second-order valence-corrected chi connectivity index (χ2v) is 5.23. The van der Waals surface area contributed by atoms with Crippen molar-refractivity contribution in [3.8, 4) is 0 Å². The number of ether oxygens (including phenoxy) is 1. The molecule has 0 bridgehead atoms. The Kier molecular flexibility index (Phi) is 4.97. The smallest absolute Gasteiger partial charge is 0.167 e. The molecule has 0 aromatic carbocycles. The van der Waals surface area contributed by atoms with Crippen LogP contribution in [0.1, 0.15) is 59.3 Å². The Morgan fingerprint density at radius 3 is 2.06 bits per heavy atom. The number of carbonyl (C=O) groups excluding carboxylic acids is 1. The van der Waals surface area contributed by atoms with Gasteiger partial charge in [-0.15, -0.1) is 0 Å². The molecule has 0 amide bonds. The van der Waals surface area contributed by atoms with E-state index in [0.29, 0.717) is 5.78 Å². The van der Waals surface area contributed by atoms with Crippen molar-refractivity contribution in [1.29, 1.82) is 0 Å². The lowest BCUT2D eigenvalue weighted by Crippen LogP contribution is -2.44. The zero-order chi connectivity index (χ0) is 12.2. The van der Waals surface area contributed by atoms with Crippen molar-refractivity contribution in [2.75, 3.05) is 7.11 Å². The number of hydrogen-bond acceptors (Lipinski definition) is 2. The normalized spacial score (nSPS) is 26.8. The molecule has 0 aromatic heterocycles. The second-order valence-electron chi connectivity index (χ2n) is 5.23. The van der Waals surface area contributed by atoms with Crippen molar-refractivity contribution >= 4 is 5.78 Å². The highest BCUT2D eigenvalue weighted by Crippen LogP contribution is 2.34. The third-order valence-corrected chi connectivity index (χ3v) is 4.37. The van der Waals surface area contributed by atoms with Crippen LogP contribution in [0.4, 0.5) is 0 Å². The van der Waals surface area contributed by atoms with E-state index < -0.39 is 5.60 Å². The molecule has 0 N–H and O–H groups in total. The van der Waals surface area contributed by atoms with Crippen LogP contribution in [0.25, 0.3) is 0 Å². The maximum Gasteiger partial charge on any atom is 0.167 e. The summed E-state index contributed by atoms with van der Waals surface area (Å²) in [6, 6.07) is 0. The molecular weight excluding hydrogens is 200 g/mol. The Bertz CT molecular complexity index is 215. The van der Waals surface area contributed by atoms with E-state index in [1.807, 2.05) is 0 Å². The molecule has 2 nitrogen and oxygen atoms in total. The van der Waals surface area contributed by atoms with E-state index in [-0.39, 0.29) is 5.92 Å². The van der Waals surface area contributed by atoms with Gasteiger partial charge in [0.2, 0.25) is 0 Å². The van der Waals surface area contributed by atoms with Crippen molar-refractivity contribution < 1.29 is 9.53 Å². The molecule has 16 heavy (non-hydrogen) atoms. The van der Waals surface area contributed by atoms with Gasteiger partial charge < -0.3 is 4.74 Å². The first-order valence-corrected chi connectivity index (χ1v) is 6.69. The van der Waals surface area contributed by atoms with Gasteiger partial charge in [0, 0.05) is 13.0 Å². The van der Waals surface area contributed by atoms with Crippen LogP contribution in [0.15, 0.2) is 0 Å². The quantitative estimate of drug-likeness (QED) is 0.716. The van der Waals surface area contributed by atoms with Gasteiger partial charge in [0.1, 0.15) is 5.60 Å². The van der Waals surface area contributed by atoms with Crippen molar-refractivity contribution in [3.63, 3.8) is 0 Å². The molecule has 0 aromatic rings. The molecule has 1 saturated carbocycles. The fraction of sp³-hybridized carbons (Fsp3) is 0.929. The summed E-state index contributed by atoms with van der Waals surface area (Å²) in [6.45, 7) is 6.39. The molecule has 1 aliphatic rings. The van der Waals surface area contributed by atoms with E-state index in [1.165, 1.54) is 12.8 Å². The van der Waals surface area contributed by atoms with Gasteiger partial charge in [0.25, 0.3) is 0 Å². The van der Waals surface area contributed by atoms with Crippen LogP contribution in [0.2, 0.25) is 0 Å². The van der Waals surface area contributed by atoms with E-state index in [2.05, 4.69) is 20.8 Å². The lowest BCUT2D eigenvalue weighted by Gasteiger charge is -2.35. The van der Waals surface area contributed by atoms with Gasteiger partial charge in [-0.3, -0.25) is 4.79 Å². The van der Waals surface area contributed by atoms with Gasteiger partial charge in [-0.05, 0) is 31.6 Å². The maximum atomic E-state index is 12.5. The molecule has 0 radical (unpaired) electrons. The summed E-state index contributed by atoms with van der Waals surface area (Å²) in [5.74, 6) is 1.40. The molecular formula is C14H26O2. The van der Waals surface area contributed by atoms with Crippen molar-refractivity contribution in [1.82, 2.24) is 0 Å². The number of rotatable bonds is 5. The topological polar surface area (TPSA) is 26.3 Å². The average Bonchev–Trinajstić information content (AvgIpc) is 2.33. The molecule has 0 atom stereocenters. The predicted molar refractivity (Wildman–Crippen MR) is 66.5 cm³/mol. The summed E-state index contributed by atoms with van der Waals surface area (Å²) >= 11 is 0. The van der Waals surface area contributed by atoms with Gasteiger partial charge in [0.15, 0.2) is 5.78 Å². The molecule has 94 valence electrons. The fourth-order valence-corrected chi connectivity index (χ4v) is 2.88. The first-order chi connectivity index (χ1) is 7.59. The molecule has 2 heteroatoms. The van der Waals surface area contributed by atoms with Gasteiger partial charge >= 0.3 is 0 Å². The minimum atomic E-state index is -0.509. The summed E-state index contributed by atoms with van der Waals surface area (Å²) < 4.78 is 5.53. The van der Waals surface area contributed by atoms with Crippen molar-refractivity contribution in [2.24, 2.45) is 11.8 Å². The van der Waals surface area contributed by atoms with Crippen LogP contribution in [0.3, 0.4) is 0 Å². The zero-order valence-corrected chi connectivity index (χ0v) is 11.2. The number of methoxy groups -OCH3 is 1. The maximum absolute atomic E-state index is 12.5. The molecule has 1 aliphatic carbocycles. The minimum absolute atomic E-state index is 0.246. The summed E-state index contributed by atoms with van der Waals surface area (Å²) in [5, 5.41) is 0. The zero-order valence-electron chi connectivity index (χ0n) is 11.2. The monoisotopic (exact) mass is 226 g/mol. The first kappa shape index (κ1) is 13.7. The van der Waals surface area contributed by atoms with Crippen molar-refractivity contribution in [2.45, 2.75) is 64.9 Å². The molecule has 0 aliphatic heterocycles. The summed E-state index contributed by atoms with van der Waals surface area (Å²) in [4.78, 5) is 12.5. The Balaban J connectivity index is 2.68. The third-order valence-electron chi connectivity index (χ3n) is 4.37. The third kappa shape index (κ3) is 2.65. The molecule has 0 saturated heterocycles. The van der Waals surface area contributed by atoms with Crippen LogP contribution in [-0.2, 0) is 9.53 Å². The fourth-order valence-electron chi connectivity index (χ4n) is 2.88. The largest absolute Gasteiger partial charge is 0.370 e. The summed E-state index contributed by atoms with van der Waals surface area (Å²) in [6.07, 6.45) is 6.11. The first-order valence-electron chi connectivity index (χ1n) is 6.69. The number of Topliss-reactive ketones (excluding diaryl/α,β-unsaturated/α-hetero) is 1. The van der Waals surface area contributed by atoms with Crippen LogP contribution in [-0.4, -0.2) is 18.5 Å². The lowest BCUT2D eigenvalue weighted by atomic mass is 9.75. The van der Waals surface area contributed by atoms with E-state index in [4.69, 9.17) is 4.74 Å². The Labute approximate surface area is 99.8 Å². The van der Waals surface area contributed by atoms with E-state index in [0.717, 1.165) is 31.6 Å². The van der Waals surface area contributed by atoms with Gasteiger partial charge in [-0.2, -0.15) is 0 Å². The second kappa shape index (κ2) is 5.81. The van der Waals surface area contributed by atoms with Crippen LogP contribution in [0, 0.1) is 11.8 Å². The average molecular weight is 226 g/mol. The Morgan fingerprint density at radius 2 is 1.69 bits per heavy atom. The number of carbonyl (C=O) groups is 1. The number of hydrogen-bond donors (Lipinski definition) is 0. The van der Waals surface area contributed by atoms with Crippen LogP contribution in [0.5, 0.6) is 0 Å². The van der Waals surface area contributed by atoms with E-state index in [1.54, 1.807) is 7.11 Å². The SMILES string of the molecule is CCC(CC)(OC)C(=O)C1CCC(C)CC1. The van der Waals surface area contributed by atoms with Gasteiger partial charge in [0.05, 0.1) is 0 Å². The standard InChI is InChI=1S/C14H26O2/c1-5-14(6-2,16-4)13(15)12-9-7-11(3)8-10-12/h11-12H,5-10H2,1-4H3. The molecule has 0 heterocycles. The van der Waals surface area contributed by atoms with E-state index >= 15 is 0 Å². The van der Waals surface area contributed by atoms with Crippen LogP contribution >= 0.6 is 0 Å². The van der Waals surface area contributed by atoms with Gasteiger partial charge in [-0.1, -0.05) is 33.6 Å². The Morgan fingerprint density at radius 1 is 1.19 bits per heavy atom. The summed E-state index contributed by atoms with van der Waals surface area (Å²) in [5.41, 5.74) is -0.509. The lowest BCUT2D eigenvalue weighted by molar-refractivity contribution is -0.147. The highest BCUT2D eigenvalue weighted by atomic mass is 16.5. The molecule has 1 rings (SSSR count). The molecule has 0 spiro atoms. The molecule has 1 fully saturated rings. The van der Waals surface area contributed by atoms with Crippen LogP contribution < -0.4 is 0 Å². The van der Waals surface area contributed by atoms with Gasteiger partial charge in [-0.25, -0.2) is 0 Å². The Hall–Kier alpha value is -0.370. The minimum Gasteiger partial charge on any atom is -0.370 e.